The van der Waals surface area contributed by atoms with Crippen LogP contribution in [0.4, 0.5) is 17.1 Å². The van der Waals surface area contributed by atoms with Crippen molar-refractivity contribution >= 4 is 27.8 Å². The zero-order valence-electron chi connectivity index (χ0n) is 36.0. The molecule has 0 saturated carbocycles. The Bertz CT molecular complexity index is 3390. The van der Waals surface area contributed by atoms with Crippen molar-refractivity contribution in [3.63, 3.8) is 0 Å². The van der Waals surface area contributed by atoms with Gasteiger partial charge in [0.1, 0.15) is 0 Å². The fourth-order valence-corrected chi connectivity index (χ4v) is 12.4. The zero-order chi connectivity index (χ0) is 42.6. The minimum Gasteiger partial charge on any atom is -0.310 e. The molecule has 10 aromatic carbocycles. The molecule has 0 fully saturated rings. The summed E-state index contributed by atoms with van der Waals surface area (Å²) in [5.74, 6) is 0. The van der Waals surface area contributed by atoms with E-state index in [9.17, 15) is 0 Å². The molecule has 10 aromatic rings. The van der Waals surface area contributed by atoms with Gasteiger partial charge in [-0.05, 0) is 114 Å². The van der Waals surface area contributed by atoms with Crippen molar-refractivity contribution < 1.29 is 0 Å². The van der Waals surface area contributed by atoms with Crippen molar-refractivity contribution in [2.24, 2.45) is 0 Å². The van der Waals surface area contributed by atoms with Crippen LogP contribution in [0.1, 0.15) is 69.5 Å². The summed E-state index contributed by atoms with van der Waals surface area (Å²) in [5, 5.41) is 2.44. The number of benzene rings is 10. The lowest BCUT2D eigenvalue weighted by Crippen LogP contribution is -2.44. The lowest BCUT2D eigenvalue weighted by atomic mass is 9.51. The predicted molar refractivity (Wildman–Crippen MR) is 265 cm³/mol. The molecule has 0 N–H and O–H groups in total. The van der Waals surface area contributed by atoms with Crippen LogP contribution in [0.15, 0.2) is 237 Å². The quantitative estimate of drug-likeness (QED) is 0.167. The van der Waals surface area contributed by atoms with Crippen molar-refractivity contribution in [2.45, 2.75) is 30.1 Å². The van der Waals surface area contributed by atoms with Gasteiger partial charge >= 0.3 is 0 Å². The van der Waals surface area contributed by atoms with E-state index < -0.39 is 10.8 Å². The van der Waals surface area contributed by atoms with Crippen LogP contribution in [0.3, 0.4) is 0 Å². The van der Waals surface area contributed by atoms with Gasteiger partial charge in [0.2, 0.25) is 0 Å². The minimum absolute atomic E-state index is 0.143. The smallest absolute Gasteiger partial charge is 0.0720 e. The van der Waals surface area contributed by atoms with Crippen molar-refractivity contribution in [3.8, 4) is 22.3 Å². The first-order chi connectivity index (χ1) is 31.5. The molecule has 0 atom stereocenters. The van der Waals surface area contributed by atoms with E-state index in [1.807, 2.05) is 0 Å². The third-order valence-corrected chi connectivity index (χ3v) is 15.0. The van der Waals surface area contributed by atoms with Gasteiger partial charge in [-0.25, -0.2) is 0 Å². The fourth-order valence-electron chi connectivity index (χ4n) is 12.4. The number of nitrogens with zero attached hydrogens (tertiary/aromatic N) is 1. The Kier molecular flexibility index (Phi) is 7.85. The molecule has 1 heteroatoms. The molecule has 0 bridgehead atoms. The molecule has 0 aliphatic heterocycles. The maximum atomic E-state index is 2.54. The van der Waals surface area contributed by atoms with Crippen LogP contribution in [0.25, 0.3) is 33.0 Å². The summed E-state index contributed by atoms with van der Waals surface area (Å²) in [4.78, 5) is 2.53. The number of anilines is 3. The topological polar surface area (TPSA) is 3.24 Å². The zero-order valence-corrected chi connectivity index (χ0v) is 36.0. The highest BCUT2D eigenvalue weighted by atomic mass is 15.1. The Morgan fingerprint density at radius 2 is 0.719 bits per heavy atom. The van der Waals surface area contributed by atoms with Crippen molar-refractivity contribution in [2.75, 3.05) is 4.90 Å². The molecule has 0 aromatic heterocycles. The van der Waals surface area contributed by atoms with Crippen LogP contribution in [0, 0.1) is 0 Å². The molecule has 1 nitrogen and oxygen atoms in total. The largest absolute Gasteiger partial charge is 0.310 e. The first kappa shape index (κ1) is 36.9. The maximum absolute atomic E-state index is 2.54. The molecule has 0 unspecified atom stereocenters. The van der Waals surface area contributed by atoms with E-state index in [-0.39, 0.29) is 5.41 Å². The van der Waals surface area contributed by atoms with E-state index >= 15 is 0 Å². The van der Waals surface area contributed by atoms with E-state index in [4.69, 9.17) is 0 Å². The van der Waals surface area contributed by atoms with Crippen molar-refractivity contribution in [1.29, 1.82) is 0 Å². The van der Waals surface area contributed by atoms with E-state index in [1.165, 1.54) is 88.7 Å². The number of hydrogen-bond acceptors (Lipinski definition) is 1. The summed E-state index contributed by atoms with van der Waals surface area (Å²) in [6.45, 7) is 4.76. The summed E-state index contributed by atoms with van der Waals surface area (Å²) in [7, 11) is 0. The lowest BCUT2D eigenvalue weighted by molar-refractivity contribution is 0.623. The summed E-state index contributed by atoms with van der Waals surface area (Å²) in [6.07, 6.45) is 0. The van der Waals surface area contributed by atoms with Gasteiger partial charge in [-0.1, -0.05) is 220 Å². The van der Waals surface area contributed by atoms with E-state index in [2.05, 4.69) is 255 Å². The molecule has 0 saturated heterocycles. The van der Waals surface area contributed by atoms with Gasteiger partial charge in [-0.15, -0.1) is 0 Å². The first-order valence-corrected chi connectivity index (χ1v) is 22.6. The lowest BCUT2D eigenvalue weighted by Gasteiger charge is -2.50. The Hall–Kier alpha value is -7.74. The Morgan fingerprint density at radius 1 is 0.297 bits per heavy atom. The molecule has 0 heterocycles. The van der Waals surface area contributed by atoms with Gasteiger partial charge < -0.3 is 4.90 Å². The van der Waals surface area contributed by atoms with Crippen LogP contribution >= 0.6 is 0 Å². The van der Waals surface area contributed by atoms with Crippen LogP contribution in [-0.4, -0.2) is 0 Å². The Morgan fingerprint density at radius 3 is 1.33 bits per heavy atom. The second-order valence-electron chi connectivity index (χ2n) is 18.3. The van der Waals surface area contributed by atoms with Crippen LogP contribution in [0.2, 0.25) is 0 Å². The van der Waals surface area contributed by atoms with Gasteiger partial charge in [0.25, 0.3) is 0 Å². The summed E-state index contributed by atoms with van der Waals surface area (Å²) in [6, 6.07) is 89.2. The molecular weight excluding hydrogens is 771 g/mol. The number of fused-ring (bicyclic) bond motifs is 13. The summed E-state index contributed by atoms with van der Waals surface area (Å²) < 4.78 is 0. The Balaban J connectivity index is 1.12. The van der Waals surface area contributed by atoms with Crippen molar-refractivity contribution in [3.05, 3.63) is 292 Å². The Labute approximate surface area is 375 Å². The monoisotopic (exact) mass is 815 g/mol. The highest BCUT2D eigenvalue weighted by Crippen LogP contribution is 2.65. The first-order valence-electron chi connectivity index (χ1n) is 22.6. The van der Waals surface area contributed by atoms with Crippen molar-refractivity contribution in [1.82, 2.24) is 0 Å². The summed E-state index contributed by atoms with van der Waals surface area (Å²) >= 11 is 0. The van der Waals surface area contributed by atoms with E-state index in [1.54, 1.807) is 0 Å². The average molecular weight is 816 g/mol. The van der Waals surface area contributed by atoms with Gasteiger partial charge in [0.15, 0.2) is 0 Å². The average Bonchev–Trinajstić information content (AvgIpc) is 3.77. The third kappa shape index (κ3) is 4.79. The van der Waals surface area contributed by atoms with Crippen LogP contribution in [-0.2, 0) is 16.2 Å². The number of hydrogen-bond donors (Lipinski definition) is 0. The van der Waals surface area contributed by atoms with Gasteiger partial charge in [0, 0.05) is 22.2 Å². The highest BCUT2D eigenvalue weighted by molar-refractivity contribution is 6.00. The van der Waals surface area contributed by atoms with Crippen LogP contribution in [0.5, 0.6) is 0 Å². The van der Waals surface area contributed by atoms with E-state index in [0.29, 0.717) is 0 Å². The second-order valence-corrected chi connectivity index (χ2v) is 18.3. The normalized spacial score (nSPS) is 15.1. The summed E-state index contributed by atoms with van der Waals surface area (Å²) in [5.41, 5.74) is 20.5. The highest BCUT2D eigenvalue weighted by Gasteiger charge is 2.56. The van der Waals surface area contributed by atoms with Crippen LogP contribution < -0.4 is 4.90 Å². The molecular formula is C63H45N. The minimum atomic E-state index is -0.603. The molecule has 0 radical (unpaired) electrons. The predicted octanol–water partition coefficient (Wildman–Crippen LogP) is 15.7. The maximum Gasteiger partial charge on any atom is 0.0720 e. The SMILES string of the molecule is CC1(C)c2ccccc2-c2ccc(N(c3ccc4c(c3)C3(c5ccccc5-4)c4ccccc4C(c4ccccc4)(c4ccccc4)c4ccccc43)c3cccc4ccccc34)cc21. The third-order valence-electron chi connectivity index (χ3n) is 15.0. The van der Waals surface area contributed by atoms with Gasteiger partial charge in [0.05, 0.1) is 16.5 Å². The van der Waals surface area contributed by atoms with Gasteiger partial charge in [-0.3, -0.25) is 0 Å². The standard InChI is InChI=1S/C63H45N/c1-61(2)52-29-13-11-27-48(52)50-38-36-45(40-58(50)61)64(60-35-19-21-42-20-9-10-26-47(42)60)46-37-39-51-49-28-12-14-30-53(49)63(59(51)41-46)56-33-17-15-31-54(56)62(43-22-5-3-6-23-43,44-24-7-4-8-25-44)55-32-16-18-34-57(55)63/h3-41H,1-2H3. The molecule has 3 aliphatic carbocycles. The molecule has 13 rings (SSSR count). The van der Waals surface area contributed by atoms with E-state index in [0.717, 1.165) is 17.1 Å². The fraction of sp³-hybridized carbons (Fsp3) is 0.0794. The second kappa shape index (κ2) is 13.6. The molecule has 302 valence electrons. The molecule has 0 amide bonds. The molecule has 64 heavy (non-hydrogen) atoms. The molecule has 1 spiro atoms. The molecule has 3 aliphatic rings. The number of rotatable bonds is 5. The van der Waals surface area contributed by atoms with Gasteiger partial charge in [-0.2, -0.15) is 0 Å².